The predicted octanol–water partition coefficient (Wildman–Crippen LogP) is 4.34. The van der Waals surface area contributed by atoms with E-state index in [0.29, 0.717) is 0 Å². The quantitative estimate of drug-likeness (QED) is 0.573. The van der Waals surface area contributed by atoms with Crippen LogP contribution in [0.5, 0.6) is 5.75 Å². The maximum absolute atomic E-state index is 13.8. The number of unbranched alkanes of at least 4 members (excludes halogenated alkanes) is 3. The second-order valence-corrected chi connectivity index (χ2v) is 5.35. The second kappa shape index (κ2) is 8.15. The van der Waals surface area contributed by atoms with E-state index in [1.54, 1.807) is 0 Å². The van der Waals surface area contributed by atoms with E-state index in [1.807, 2.05) is 6.92 Å². The van der Waals surface area contributed by atoms with Gasteiger partial charge in [-0.3, -0.25) is 0 Å². The van der Waals surface area contributed by atoms with E-state index in [2.05, 4.69) is 6.92 Å². The number of rotatable bonds is 8. The molecule has 1 aromatic carbocycles. The molecular weight excluding hydrogens is 280 g/mol. The highest BCUT2D eigenvalue weighted by Gasteiger charge is 2.16. The van der Waals surface area contributed by atoms with E-state index < -0.39 is 11.6 Å². The van der Waals surface area contributed by atoms with Crippen molar-refractivity contribution in [3.8, 4) is 5.75 Å². The molecule has 1 rings (SSSR count). The van der Waals surface area contributed by atoms with Crippen LogP contribution in [0.3, 0.4) is 0 Å². The molecule has 5 heteroatoms. The Bertz CT molecular complexity index is 442. The number of nitrogens with two attached hydrogens (primary N) is 1. The summed E-state index contributed by atoms with van der Waals surface area (Å²) >= 11 is 4.70. The molecule has 0 aliphatic heterocycles. The molecule has 0 saturated carbocycles. The first kappa shape index (κ1) is 16.8. The van der Waals surface area contributed by atoms with E-state index in [-0.39, 0.29) is 22.4 Å². The number of halogens is 2. The van der Waals surface area contributed by atoms with Crippen molar-refractivity contribution in [2.45, 2.75) is 52.1 Å². The number of hydrogen-bond acceptors (Lipinski definition) is 2. The van der Waals surface area contributed by atoms with Crippen molar-refractivity contribution >= 4 is 17.2 Å². The molecule has 0 aliphatic rings. The van der Waals surface area contributed by atoms with Crippen molar-refractivity contribution in [1.82, 2.24) is 0 Å². The first-order valence-corrected chi connectivity index (χ1v) is 7.32. The van der Waals surface area contributed by atoms with E-state index >= 15 is 0 Å². The third-order valence-corrected chi connectivity index (χ3v) is 3.30. The van der Waals surface area contributed by atoms with Gasteiger partial charge in [-0.15, -0.1) is 0 Å². The van der Waals surface area contributed by atoms with Crippen LogP contribution < -0.4 is 10.5 Å². The molecular formula is C15H21F2NOS. The largest absolute Gasteiger partial charge is 0.485 e. The van der Waals surface area contributed by atoms with Crippen LogP contribution in [0.2, 0.25) is 0 Å². The zero-order valence-electron chi connectivity index (χ0n) is 11.9. The Balaban J connectivity index is 2.65. The average Bonchev–Trinajstić information content (AvgIpc) is 2.38. The summed E-state index contributed by atoms with van der Waals surface area (Å²) in [4.78, 5) is -0.0398. The molecule has 20 heavy (non-hydrogen) atoms. The monoisotopic (exact) mass is 301 g/mol. The minimum absolute atomic E-state index is 0.0398. The van der Waals surface area contributed by atoms with Crippen molar-refractivity contribution in [3.05, 3.63) is 29.3 Å². The Labute approximate surface area is 124 Å². The molecule has 1 atom stereocenters. The van der Waals surface area contributed by atoms with Gasteiger partial charge in [-0.05, 0) is 31.9 Å². The van der Waals surface area contributed by atoms with Crippen molar-refractivity contribution in [2.75, 3.05) is 0 Å². The molecule has 0 amide bonds. The van der Waals surface area contributed by atoms with Crippen molar-refractivity contribution in [3.63, 3.8) is 0 Å². The topological polar surface area (TPSA) is 35.2 Å². The van der Waals surface area contributed by atoms with Gasteiger partial charge in [0.25, 0.3) is 0 Å². The molecule has 0 aromatic heterocycles. The SMILES string of the molecule is CCCCCCC(C)Oc1c(F)cc(C(N)=S)cc1F. The second-order valence-electron chi connectivity index (χ2n) is 4.91. The molecule has 0 saturated heterocycles. The van der Waals surface area contributed by atoms with Gasteiger partial charge in [0.2, 0.25) is 0 Å². The molecule has 0 spiro atoms. The van der Waals surface area contributed by atoms with Gasteiger partial charge in [0.15, 0.2) is 17.4 Å². The molecule has 2 nitrogen and oxygen atoms in total. The molecule has 1 unspecified atom stereocenters. The third kappa shape index (κ3) is 5.04. The van der Waals surface area contributed by atoms with Crippen molar-refractivity contribution in [2.24, 2.45) is 5.73 Å². The molecule has 0 radical (unpaired) electrons. The van der Waals surface area contributed by atoms with Crippen LogP contribution in [0.1, 0.15) is 51.5 Å². The Morgan fingerprint density at radius 3 is 2.35 bits per heavy atom. The Kier molecular flexibility index (Phi) is 6.85. The minimum Gasteiger partial charge on any atom is -0.485 e. The lowest BCUT2D eigenvalue weighted by molar-refractivity contribution is 0.188. The molecule has 0 bridgehead atoms. The lowest BCUT2D eigenvalue weighted by atomic mass is 10.1. The maximum atomic E-state index is 13.8. The van der Waals surface area contributed by atoms with Gasteiger partial charge in [-0.2, -0.15) is 0 Å². The zero-order chi connectivity index (χ0) is 15.1. The van der Waals surface area contributed by atoms with Crippen LogP contribution in [-0.2, 0) is 0 Å². The summed E-state index contributed by atoms with van der Waals surface area (Å²) in [6.07, 6.45) is 4.96. The summed E-state index contributed by atoms with van der Waals surface area (Å²) in [5.74, 6) is -1.89. The maximum Gasteiger partial charge on any atom is 0.191 e. The van der Waals surface area contributed by atoms with Gasteiger partial charge in [-0.25, -0.2) is 8.78 Å². The third-order valence-electron chi connectivity index (χ3n) is 3.07. The highest BCUT2D eigenvalue weighted by atomic mass is 32.1. The van der Waals surface area contributed by atoms with E-state index in [1.165, 1.54) is 0 Å². The van der Waals surface area contributed by atoms with Crippen molar-refractivity contribution < 1.29 is 13.5 Å². The van der Waals surface area contributed by atoms with E-state index in [4.69, 9.17) is 22.7 Å². The van der Waals surface area contributed by atoms with Gasteiger partial charge in [0.1, 0.15) is 4.99 Å². The predicted molar refractivity (Wildman–Crippen MR) is 81.1 cm³/mol. The zero-order valence-corrected chi connectivity index (χ0v) is 12.7. The van der Waals surface area contributed by atoms with Crippen LogP contribution in [-0.4, -0.2) is 11.1 Å². The highest BCUT2D eigenvalue weighted by Crippen LogP contribution is 2.25. The fraction of sp³-hybridized carbons (Fsp3) is 0.533. The van der Waals surface area contributed by atoms with E-state index in [0.717, 1.165) is 44.2 Å². The van der Waals surface area contributed by atoms with Gasteiger partial charge < -0.3 is 10.5 Å². The molecule has 0 fully saturated rings. The summed E-state index contributed by atoms with van der Waals surface area (Å²) in [5, 5.41) is 0. The van der Waals surface area contributed by atoms with Crippen LogP contribution in [0.4, 0.5) is 8.78 Å². The number of ether oxygens (including phenoxy) is 1. The lowest BCUT2D eigenvalue weighted by Gasteiger charge is -2.16. The number of hydrogen-bond donors (Lipinski definition) is 1. The van der Waals surface area contributed by atoms with Gasteiger partial charge in [-0.1, -0.05) is 38.4 Å². The Morgan fingerprint density at radius 2 is 1.85 bits per heavy atom. The normalized spacial score (nSPS) is 12.2. The fourth-order valence-corrected chi connectivity index (χ4v) is 2.05. The first-order valence-electron chi connectivity index (χ1n) is 6.91. The summed E-state index contributed by atoms with van der Waals surface area (Å²) < 4.78 is 32.9. The summed E-state index contributed by atoms with van der Waals surface area (Å²) in [7, 11) is 0. The molecule has 0 aliphatic carbocycles. The van der Waals surface area contributed by atoms with Crippen LogP contribution >= 0.6 is 12.2 Å². The minimum atomic E-state index is -0.770. The summed E-state index contributed by atoms with van der Waals surface area (Å²) in [6, 6.07) is 2.20. The molecule has 0 heterocycles. The summed E-state index contributed by atoms with van der Waals surface area (Å²) in [6.45, 7) is 3.94. The van der Waals surface area contributed by atoms with Crippen LogP contribution in [0.25, 0.3) is 0 Å². The fourth-order valence-electron chi connectivity index (χ4n) is 1.93. The molecule has 112 valence electrons. The van der Waals surface area contributed by atoms with Crippen molar-refractivity contribution in [1.29, 1.82) is 0 Å². The summed E-state index contributed by atoms with van der Waals surface area (Å²) in [5.41, 5.74) is 5.52. The standard InChI is InChI=1S/C15H21F2NOS/c1-3-4-5-6-7-10(2)19-14-12(16)8-11(15(18)20)9-13(14)17/h8-10H,3-7H2,1-2H3,(H2,18,20). The smallest absolute Gasteiger partial charge is 0.191 e. The lowest BCUT2D eigenvalue weighted by Crippen LogP contribution is -2.15. The van der Waals surface area contributed by atoms with Gasteiger partial charge in [0, 0.05) is 5.56 Å². The highest BCUT2D eigenvalue weighted by molar-refractivity contribution is 7.80. The Hall–Kier alpha value is -1.23. The van der Waals surface area contributed by atoms with Crippen LogP contribution in [0.15, 0.2) is 12.1 Å². The van der Waals surface area contributed by atoms with E-state index in [9.17, 15) is 8.78 Å². The van der Waals surface area contributed by atoms with Gasteiger partial charge >= 0.3 is 0 Å². The first-order chi connectivity index (χ1) is 9.45. The number of benzene rings is 1. The Morgan fingerprint density at radius 1 is 1.25 bits per heavy atom. The number of thiocarbonyl (C=S) groups is 1. The van der Waals surface area contributed by atoms with Crippen LogP contribution in [0, 0.1) is 11.6 Å². The average molecular weight is 301 g/mol. The van der Waals surface area contributed by atoms with Gasteiger partial charge in [0.05, 0.1) is 6.10 Å². The molecule has 1 aromatic rings. The molecule has 2 N–H and O–H groups in total.